The molecule has 1 radical (unpaired) electrons. The van der Waals surface area contributed by atoms with E-state index in [-0.39, 0.29) is 32.7 Å². The van der Waals surface area contributed by atoms with Crippen molar-refractivity contribution in [1.29, 1.82) is 0 Å². The minimum Gasteiger partial charge on any atom is -0.258 e. The Morgan fingerprint density at radius 2 is 1.29 bits per heavy atom. The van der Waals surface area contributed by atoms with Gasteiger partial charge < -0.3 is 0 Å². The monoisotopic (exact) mass is 562 g/mol. The van der Waals surface area contributed by atoms with Crippen molar-refractivity contribution >= 4 is 32.6 Å². The maximum atomic E-state index is 3.80. The summed E-state index contributed by atoms with van der Waals surface area (Å²) in [5.74, 6) is 1.11. The molecular formula is C35H25N2Y-. The first-order chi connectivity index (χ1) is 18.2. The Morgan fingerprint density at radius 3 is 2.16 bits per heavy atom. The van der Waals surface area contributed by atoms with E-state index in [9.17, 15) is 0 Å². The largest absolute Gasteiger partial charge is 0.258 e. The number of aromatic nitrogens is 2. The molecule has 0 spiro atoms. The van der Waals surface area contributed by atoms with Gasteiger partial charge in [0.2, 0.25) is 5.82 Å². The summed E-state index contributed by atoms with van der Waals surface area (Å²) in [7, 11) is 2.14. The van der Waals surface area contributed by atoms with Crippen LogP contribution in [0.4, 0.5) is 0 Å². The fourth-order valence-corrected chi connectivity index (χ4v) is 5.46. The van der Waals surface area contributed by atoms with E-state index < -0.39 is 0 Å². The molecule has 0 fully saturated rings. The van der Waals surface area contributed by atoms with Gasteiger partial charge in [-0.25, -0.2) is 4.57 Å². The molecule has 1 aromatic heterocycles. The molecule has 2 nitrogen and oxygen atoms in total. The van der Waals surface area contributed by atoms with E-state index >= 15 is 0 Å². The fraction of sp³-hybridized carbons (Fsp3) is 0.0571. The molecule has 0 aliphatic heterocycles. The van der Waals surface area contributed by atoms with E-state index in [0.29, 0.717) is 0 Å². The van der Waals surface area contributed by atoms with Gasteiger partial charge in [-0.2, -0.15) is 29.3 Å². The quantitative estimate of drug-likeness (QED) is 0.117. The van der Waals surface area contributed by atoms with E-state index in [0.717, 1.165) is 33.6 Å². The van der Waals surface area contributed by atoms with Crippen LogP contribution in [-0.2, 0) is 39.8 Å². The summed E-state index contributed by atoms with van der Waals surface area (Å²) < 4.78 is 4.62. The first-order valence-electron chi connectivity index (χ1n) is 12.6. The van der Waals surface area contributed by atoms with Crippen LogP contribution < -0.4 is 4.57 Å². The standard InChI is InChI=1S/C35H25N2.Y/c1-24-16-17-27(28-21-20-26-19-18-25-10-6-7-13-30(25)32(26)23-28)22-31(24)35-36(2)33-14-8-9-15-34(33)37(35)29-11-4-3-5-12-29;/h3-21H,1-2H3;/q-1;. The van der Waals surface area contributed by atoms with Crippen molar-refractivity contribution < 1.29 is 37.3 Å². The van der Waals surface area contributed by atoms with Crippen LogP contribution in [0.15, 0.2) is 115 Å². The Balaban J connectivity index is 0.00000264. The van der Waals surface area contributed by atoms with Crippen molar-refractivity contribution in [2.75, 3.05) is 0 Å². The first kappa shape index (κ1) is 24.7. The number of imidazole rings is 1. The van der Waals surface area contributed by atoms with Crippen LogP contribution >= 0.6 is 0 Å². The van der Waals surface area contributed by atoms with Crippen molar-refractivity contribution in [1.82, 2.24) is 4.57 Å². The van der Waals surface area contributed by atoms with Gasteiger partial charge in [0.1, 0.15) is 5.69 Å². The van der Waals surface area contributed by atoms with Crippen LogP contribution in [0.1, 0.15) is 5.56 Å². The van der Waals surface area contributed by atoms with Crippen molar-refractivity contribution in [2.45, 2.75) is 6.92 Å². The van der Waals surface area contributed by atoms with Gasteiger partial charge in [0, 0.05) is 32.7 Å². The van der Waals surface area contributed by atoms with Gasteiger partial charge >= 0.3 is 0 Å². The molecule has 0 N–H and O–H groups in total. The maximum Gasteiger partial charge on any atom is 0.229 e. The smallest absolute Gasteiger partial charge is 0.229 e. The van der Waals surface area contributed by atoms with Crippen LogP contribution in [0.25, 0.3) is 60.8 Å². The maximum absolute atomic E-state index is 3.80. The van der Waals surface area contributed by atoms with Crippen molar-refractivity contribution in [3.05, 3.63) is 133 Å². The van der Waals surface area contributed by atoms with E-state index in [1.165, 1.54) is 32.8 Å². The first-order valence-corrected chi connectivity index (χ1v) is 12.6. The van der Waals surface area contributed by atoms with Gasteiger partial charge in [-0.15, -0.1) is 29.1 Å². The van der Waals surface area contributed by atoms with Gasteiger partial charge in [-0.05, 0) is 29.8 Å². The van der Waals surface area contributed by atoms with Crippen molar-refractivity contribution in [3.8, 4) is 28.2 Å². The zero-order valence-corrected chi connectivity index (χ0v) is 24.3. The number of hydrogen-bond donors (Lipinski definition) is 0. The predicted molar refractivity (Wildman–Crippen MR) is 153 cm³/mol. The number of benzene rings is 6. The van der Waals surface area contributed by atoms with Crippen LogP contribution in [0.3, 0.4) is 0 Å². The normalized spacial score (nSPS) is 11.2. The average molecular weight is 563 g/mol. The molecule has 1 heterocycles. The predicted octanol–water partition coefficient (Wildman–Crippen LogP) is 8.00. The second-order valence-corrected chi connectivity index (χ2v) is 9.60. The summed E-state index contributed by atoms with van der Waals surface area (Å²) in [6.07, 6.45) is 0. The molecule has 6 aromatic carbocycles. The molecule has 0 saturated carbocycles. The van der Waals surface area contributed by atoms with Gasteiger partial charge in [-0.3, -0.25) is 4.57 Å². The van der Waals surface area contributed by atoms with Crippen LogP contribution in [0.5, 0.6) is 0 Å². The summed E-state index contributed by atoms with van der Waals surface area (Å²) in [5, 5.41) is 4.81. The van der Waals surface area contributed by atoms with E-state index in [1.54, 1.807) is 0 Å². The molecule has 0 aliphatic carbocycles. The summed E-state index contributed by atoms with van der Waals surface area (Å²) in [6, 6.07) is 48.3. The molecular weight excluding hydrogens is 537 g/mol. The summed E-state index contributed by atoms with van der Waals surface area (Å²) in [6.45, 7) is 2.17. The van der Waals surface area contributed by atoms with Crippen LogP contribution in [0.2, 0.25) is 0 Å². The van der Waals surface area contributed by atoms with Gasteiger partial charge in [0.25, 0.3) is 0 Å². The molecule has 0 amide bonds. The number of nitrogens with zero attached hydrogens (tertiary/aromatic N) is 2. The van der Waals surface area contributed by atoms with Gasteiger partial charge in [-0.1, -0.05) is 89.8 Å². The third-order valence-corrected chi connectivity index (χ3v) is 7.35. The second kappa shape index (κ2) is 9.95. The zero-order chi connectivity index (χ0) is 24.9. The van der Waals surface area contributed by atoms with E-state index in [1.807, 2.05) is 0 Å². The Bertz CT molecular complexity index is 1950. The molecule has 0 atom stereocenters. The molecule has 0 aliphatic rings. The minimum atomic E-state index is 0. The number of aryl methyl sites for hydroxylation is 2. The van der Waals surface area contributed by atoms with E-state index in [2.05, 4.69) is 150 Å². The van der Waals surface area contributed by atoms with Gasteiger partial charge in [0.15, 0.2) is 11.0 Å². The summed E-state index contributed by atoms with van der Waals surface area (Å²) in [4.78, 5) is 0. The molecule has 3 heteroatoms. The number of hydrogen-bond acceptors (Lipinski definition) is 0. The number of fused-ring (bicyclic) bond motifs is 4. The topological polar surface area (TPSA) is 8.81 Å². The molecule has 7 aromatic rings. The van der Waals surface area contributed by atoms with Crippen molar-refractivity contribution in [3.63, 3.8) is 0 Å². The Labute approximate surface area is 248 Å². The average Bonchev–Trinajstić information content (AvgIpc) is 3.25. The molecule has 0 bridgehead atoms. The Kier molecular flexibility index (Phi) is 6.47. The fourth-order valence-electron chi connectivity index (χ4n) is 5.46. The van der Waals surface area contributed by atoms with Crippen molar-refractivity contribution in [2.24, 2.45) is 7.05 Å². The number of para-hydroxylation sites is 3. The summed E-state index contributed by atoms with van der Waals surface area (Å²) >= 11 is 0. The third-order valence-electron chi connectivity index (χ3n) is 7.35. The zero-order valence-electron chi connectivity index (χ0n) is 21.4. The SMILES string of the molecule is Cc1ccc(-c2[c-]c3c(cc2)ccc2ccccc23)[c-]c1-c1n(-c2ccccc2)c2ccccc2[n+]1C.[Y]. The second-order valence-electron chi connectivity index (χ2n) is 9.60. The molecule has 38 heavy (non-hydrogen) atoms. The van der Waals surface area contributed by atoms with Crippen LogP contribution in [0, 0.1) is 19.1 Å². The number of rotatable bonds is 3. The Hall–Kier alpha value is -3.59. The molecule has 7 rings (SSSR count). The minimum absolute atomic E-state index is 0. The molecule has 0 saturated heterocycles. The molecule has 0 unspecified atom stereocenters. The third kappa shape index (κ3) is 4.00. The van der Waals surface area contributed by atoms with Crippen LogP contribution in [-0.4, -0.2) is 4.57 Å². The Morgan fingerprint density at radius 1 is 0.632 bits per heavy atom. The molecule has 179 valence electrons. The van der Waals surface area contributed by atoms with Gasteiger partial charge in [0.05, 0.1) is 7.05 Å². The summed E-state index contributed by atoms with van der Waals surface area (Å²) in [5.41, 5.74) is 7.86. The van der Waals surface area contributed by atoms with E-state index in [4.69, 9.17) is 0 Å².